The number of likely N-dealkylation sites (N-methyl/N-ethyl adjacent to an activating group) is 1. The molecule has 0 spiro atoms. The van der Waals surface area contributed by atoms with Gasteiger partial charge in [0.25, 0.3) is 0 Å². The molecular weight excluding hydrogens is 402 g/mol. The van der Waals surface area contributed by atoms with Crippen LogP contribution in [0.4, 0.5) is 0 Å². The van der Waals surface area contributed by atoms with Gasteiger partial charge in [0.15, 0.2) is 11.5 Å². The van der Waals surface area contributed by atoms with E-state index in [0.29, 0.717) is 6.61 Å². The van der Waals surface area contributed by atoms with Crippen LogP contribution in [0.3, 0.4) is 0 Å². The number of carbonyl (C=O) groups excluding carboxylic acids is 1. The summed E-state index contributed by atoms with van der Waals surface area (Å²) in [6.07, 6.45) is 13.0. The number of rotatable bonds is 7. The van der Waals surface area contributed by atoms with Gasteiger partial charge >= 0.3 is 0 Å². The van der Waals surface area contributed by atoms with Crippen molar-refractivity contribution in [2.45, 2.75) is 57.4 Å². The van der Waals surface area contributed by atoms with Crippen LogP contribution in [-0.2, 0) is 4.79 Å². The summed E-state index contributed by atoms with van der Waals surface area (Å²) in [4.78, 5) is 15.6. The average Bonchev–Trinajstić information content (AvgIpc) is 3.09. The minimum Gasteiger partial charge on any atom is -0.493 e. The number of methoxy groups -OCH3 is 1. The SMILES string of the molecule is COc1ccc(C2=NN(C3CCCCCC3)C(=O)[C@H]3CC=CC[C@@H]23)cc1OCCN(C)C. The molecule has 1 heterocycles. The fourth-order valence-corrected chi connectivity index (χ4v) is 5.12. The van der Waals surface area contributed by atoms with E-state index in [2.05, 4.69) is 23.1 Å². The molecule has 174 valence electrons. The predicted octanol–water partition coefficient (Wildman–Crippen LogP) is 4.49. The van der Waals surface area contributed by atoms with E-state index in [1.807, 2.05) is 31.2 Å². The number of hydrogen-bond donors (Lipinski definition) is 0. The van der Waals surface area contributed by atoms with Crippen molar-refractivity contribution in [2.24, 2.45) is 16.9 Å². The molecule has 2 atom stereocenters. The third kappa shape index (κ3) is 5.01. The van der Waals surface area contributed by atoms with Crippen LogP contribution in [0.5, 0.6) is 11.5 Å². The summed E-state index contributed by atoms with van der Waals surface area (Å²) in [5.74, 6) is 1.77. The van der Waals surface area contributed by atoms with E-state index in [1.54, 1.807) is 7.11 Å². The summed E-state index contributed by atoms with van der Waals surface area (Å²) in [7, 11) is 5.73. The third-order valence-electron chi connectivity index (χ3n) is 6.97. The number of amides is 1. The van der Waals surface area contributed by atoms with Gasteiger partial charge in [-0.15, -0.1) is 0 Å². The first-order valence-electron chi connectivity index (χ1n) is 12.1. The lowest BCUT2D eigenvalue weighted by Gasteiger charge is -2.40. The number of hydrazone groups is 1. The highest BCUT2D eigenvalue weighted by Crippen LogP contribution is 2.38. The highest BCUT2D eigenvalue weighted by molar-refractivity contribution is 6.07. The second-order valence-electron chi connectivity index (χ2n) is 9.49. The number of nitrogens with zero attached hydrogens (tertiary/aromatic N) is 3. The van der Waals surface area contributed by atoms with Gasteiger partial charge in [0.1, 0.15) is 6.61 Å². The van der Waals surface area contributed by atoms with Gasteiger partial charge in [0.2, 0.25) is 5.91 Å². The van der Waals surface area contributed by atoms with Crippen LogP contribution in [0, 0.1) is 11.8 Å². The third-order valence-corrected chi connectivity index (χ3v) is 6.97. The van der Waals surface area contributed by atoms with Gasteiger partial charge in [-0.3, -0.25) is 4.79 Å². The van der Waals surface area contributed by atoms with Crippen molar-refractivity contribution in [3.63, 3.8) is 0 Å². The molecule has 1 aromatic rings. The van der Waals surface area contributed by atoms with Crippen molar-refractivity contribution in [1.82, 2.24) is 9.91 Å². The number of hydrogen-bond acceptors (Lipinski definition) is 5. The molecule has 0 aromatic heterocycles. The molecular formula is C26H37N3O3. The Balaban J connectivity index is 1.67. The smallest absolute Gasteiger partial charge is 0.247 e. The van der Waals surface area contributed by atoms with Gasteiger partial charge in [-0.2, -0.15) is 5.10 Å². The van der Waals surface area contributed by atoms with E-state index in [4.69, 9.17) is 14.6 Å². The molecule has 0 unspecified atom stereocenters. The quantitative estimate of drug-likeness (QED) is 0.464. The van der Waals surface area contributed by atoms with Gasteiger partial charge in [-0.05, 0) is 58.0 Å². The lowest BCUT2D eigenvalue weighted by atomic mass is 9.76. The van der Waals surface area contributed by atoms with Crippen LogP contribution >= 0.6 is 0 Å². The van der Waals surface area contributed by atoms with E-state index in [0.717, 1.165) is 55.0 Å². The number of carbonyl (C=O) groups is 1. The zero-order valence-electron chi connectivity index (χ0n) is 19.8. The topological polar surface area (TPSA) is 54.4 Å². The van der Waals surface area contributed by atoms with E-state index in [1.165, 1.54) is 25.7 Å². The van der Waals surface area contributed by atoms with Crippen molar-refractivity contribution in [3.05, 3.63) is 35.9 Å². The van der Waals surface area contributed by atoms with Gasteiger partial charge in [-0.1, -0.05) is 37.8 Å². The van der Waals surface area contributed by atoms with E-state index in [-0.39, 0.29) is 23.8 Å². The predicted molar refractivity (Wildman–Crippen MR) is 127 cm³/mol. The Hall–Kier alpha value is -2.34. The van der Waals surface area contributed by atoms with Gasteiger partial charge < -0.3 is 14.4 Å². The van der Waals surface area contributed by atoms with Gasteiger partial charge in [0, 0.05) is 18.0 Å². The Morgan fingerprint density at radius 2 is 1.75 bits per heavy atom. The van der Waals surface area contributed by atoms with Gasteiger partial charge in [0.05, 0.1) is 24.8 Å². The molecule has 4 rings (SSSR count). The monoisotopic (exact) mass is 439 g/mol. The number of benzene rings is 1. The lowest BCUT2D eigenvalue weighted by molar-refractivity contribution is -0.140. The van der Waals surface area contributed by atoms with Gasteiger partial charge in [-0.25, -0.2) is 5.01 Å². The second kappa shape index (κ2) is 10.5. The molecule has 6 heteroatoms. The van der Waals surface area contributed by atoms with Crippen molar-refractivity contribution in [2.75, 3.05) is 34.4 Å². The molecule has 0 radical (unpaired) electrons. The molecule has 1 amide bonds. The number of fused-ring (bicyclic) bond motifs is 1. The van der Waals surface area contributed by atoms with E-state index >= 15 is 0 Å². The summed E-state index contributed by atoms with van der Waals surface area (Å²) in [5.41, 5.74) is 2.05. The van der Waals surface area contributed by atoms with Crippen molar-refractivity contribution in [3.8, 4) is 11.5 Å². The summed E-state index contributed by atoms with van der Waals surface area (Å²) < 4.78 is 11.6. The lowest BCUT2D eigenvalue weighted by Crippen LogP contribution is -2.49. The first-order valence-corrected chi connectivity index (χ1v) is 12.1. The minimum absolute atomic E-state index is 0.0176. The van der Waals surface area contributed by atoms with Crippen molar-refractivity contribution < 1.29 is 14.3 Å². The summed E-state index contributed by atoms with van der Waals surface area (Å²) in [6.45, 7) is 1.41. The first-order chi connectivity index (χ1) is 15.6. The molecule has 32 heavy (non-hydrogen) atoms. The molecule has 0 saturated heterocycles. The molecule has 1 aromatic carbocycles. The summed E-state index contributed by atoms with van der Waals surface area (Å²) in [6, 6.07) is 6.29. The fraction of sp³-hybridized carbons (Fsp3) is 0.615. The van der Waals surface area contributed by atoms with Crippen LogP contribution in [0.2, 0.25) is 0 Å². The van der Waals surface area contributed by atoms with E-state index in [9.17, 15) is 4.79 Å². The molecule has 0 N–H and O–H groups in total. The highest BCUT2D eigenvalue weighted by Gasteiger charge is 2.42. The Morgan fingerprint density at radius 3 is 2.44 bits per heavy atom. The van der Waals surface area contributed by atoms with Crippen LogP contribution in [0.1, 0.15) is 56.9 Å². The first kappa shape index (κ1) is 22.8. The molecule has 3 aliphatic rings. The van der Waals surface area contributed by atoms with Crippen molar-refractivity contribution >= 4 is 11.6 Å². The maximum atomic E-state index is 13.5. The zero-order chi connectivity index (χ0) is 22.5. The Morgan fingerprint density at radius 1 is 1.03 bits per heavy atom. The standard InChI is InChI=1S/C26H37N3O3/c1-28(2)16-17-32-24-18-19(14-15-23(24)31-3)25-21-12-8-9-13-22(21)26(30)29(27-25)20-10-6-4-5-7-11-20/h8-9,14-15,18,20-22H,4-7,10-13,16-17H2,1-3H3/t21-,22+/m1/s1. The average molecular weight is 440 g/mol. The molecule has 6 nitrogen and oxygen atoms in total. The largest absolute Gasteiger partial charge is 0.493 e. The summed E-state index contributed by atoms with van der Waals surface area (Å²) in [5, 5.41) is 6.91. The van der Waals surface area contributed by atoms with Crippen molar-refractivity contribution in [1.29, 1.82) is 0 Å². The minimum atomic E-state index is -0.0176. The molecule has 1 saturated carbocycles. The number of allylic oxidation sites excluding steroid dienone is 2. The van der Waals surface area contributed by atoms with Crippen LogP contribution < -0.4 is 9.47 Å². The Labute approximate surface area is 192 Å². The van der Waals surface area contributed by atoms with Crippen LogP contribution in [0.25, 0.3) is 0 Å². The normalized spacial score (nSPS) is 24.2. The molecule has 1 aliphatic heterocycles. The molecule has 1 fully saturated rings. The summed E-state index contributed by atoms with van der Waals surface area (Å²) >= 11 is 0. The zero-order valence-corrected chi connectivity index (χ0v) is 19.8. The maximum Gasteiger partial charge on any atom is 0.247 e. The molecule has 0 bridgehead atoms. The molecule has 2 aliphatic carbocycles. The highest BCUT2D eigenvalue weighted by atomic mass is 16.5. The van der Waals surface area contributed by atoms with Crippen LogP contribution in [0.15, 0.2) is 35.5 Å². The van der Waals surface area contributed by atoms with E-state index < -0.39 is 0 Å². The maximum absolute atomic E-state index is 13.5. The number of ether oxygens (including phenoxy) is 2. The fourth-order valence-electron chi connectivity index (χ4n) is 5.12. The Kier molecular flexibility index (Phi) is 7.51. The van der Waals surface area contributed by atoms with Crippen LogP contribution in [-0.4, -0.2) is 61.9 Å². The second-order valence-corrected chi connectivity index (χ2v) is 9.49. The Bertz CT molecular complexity index is 856.